The van der Waals surface area contributed by atoms with Gasteiger partial charge in [-0.05, 0) is 52.8 Å². The number of nitro benzene ring substituents is 1. The lowest BCUT2D eigenvalue weighted by Crippen LogP contribution is -2.37. The maximum atomic E-state index is 14.1. The molecule has 36 heavy (non-hydrogen) atoms. The number of hydrogen-bond acceptors (Lipinski definition) is 4. The summed E-state index contributed by atoms with van der Waals surface area (Å²) in [6, 6.07) is 23.9. The first-order chi connectivity index (χ1) is 17.2. The minimum Gasteiger partial charge on any atom is -0.358 e. The van der Waals surface area contributed by atoms with E-state index in [1.54, 1.807) is 12.1 Å². The highest BCUT2D eigenvalue weighted by molar-refractivity contribution is 6.30. The van der Waals surface area contributed by atoms with Gasteiger partial charge in [0, 0.05) is 45.6 Å². The summed E-state index contributed by atoms with van der Waals surface area (Å²) in [4.78, 5) is 24.9. The molecule has 0 saturated carbocycles. The molecule has 0 saturated heterocycles. The van der Waals surface area contributed by atoms with Crippen LogP contribution < -0.4 is 5.32 Å². The molecular weight excluding hydrogens is 472 g/mol. The van der Waals surface area contributed by atoms with Crippen LogP contribution in [0.15, 0.2) is 102 Å². The molecule has 3 aromatic rings. The van der Waals surface area contributed by atoms with E-state index in [2.05, 4.69) is 19.2 Å². The summed E-state index contributed by atoms with van der Waals surface area (Å²) in [6.45, 7) is 4.17. The molecule has 180 valence electrons. The molecule has 1 atom stereocenters. The molecule has 0 aromatic heterocycles. The second-order valence-corrected chi connectivity index (χ2v) is 10.2. The van der Waals surface area contributed by atoms with E-state index in [4.69, 9.17) is 11.6 Å². The summed E-state index contributed by atoms with van der Waals surface area (Å²) in [5.41, 5.74) is 5.61. The van der Waals surface area contributed by atoms with E-state index in [0.29, 0.717) is 17.0 Å². The fourth-order valence-corrected chi connectivity index (χ4v) is 5.08. The van der Waals surface area contributed by atoms with Gasteiger partial charge in [0.2, 0.25) is 0 Å². The minimum absolute atomic E-state index is 0.0181. The van der Waals surface area contributed by atoms with E-state index in [0.717, 1.165) is 33.7 Å². The number of nitro groups is 1. The summed E-state index contributed by atoms with van der Waals surface area (Å²) < 4.78 is 0. The monoisotopic (exact) mass is 496 g/mol. The molecule has 3 aromatic carbocycles. The number of ketones is 1. The highest BCUT2D eigenvalue weighted by Crippen LogP contribution is 2.48. The van der Waals surface area contributed by atoms with E-state index in [9.17, 15) is 14.9 Å². The number of nitrogens with one attached hydrogen (secondary N) is 1. The van der Waals surface area contributed by atoms with Crippen molar-refractivity contribution < 1.29 is 9.72 Å². The number of allylic oxidation sites excluding steroid dienone is 4. The quantitative estimate of drug-likeness (QED) is 0.233. The number of hydrogen-bond donors (Lipinski definition) is 1. The Morgan fingerprint density at radius 1 is 1.00 bits per heavy atom. The van der Waals surface area contributed by atoms with Crippen LogP contribution in [0.3, 0.4) is 0 Å². The Kier molecular flexibility index (Phi) is 6.10. The number of nitrogens with zero attached hydrogens (tertiary/aromatic N) is 1. The number of dihydropyridines is 1. The topological polar surface area (TPSA) is 72.2 Å². The minimum atomic E-state index is -0.413. The SMILES string of the molecule is CC1(C)CC2=C(C(=O)/C1=C\c1ccc(Cl)cc1)C(c1ccc([N+](=O)[O-])cc1)C=C(c1ccccc1)N2. The molecule has 6 heteroatoms. The summed E-state index contributed by atoms with van der Waals surface area (Å²) >= 11 is 6.06. The molecule has 1 heterocycles. The van der Waals surface area contributed by atoms with Crippen LogP contribution in [0.5, 0.6) is 0 Å². The number of non-ortho nitro benzene ring substituents is 1. The van der Waals surface area contributed by atoms with Gasteiger partial charge in [-0.3, -0.25) is 14.9 Å². The van der Waals surface area contributed by atoms with Crippen LogP contribution in [0, 0.1) is 15.5 Å². The third kappa shape index (κ3) is 4.50. The van der Waals surface area contributed by atoms with Crippen LogP contribution in [-0.2, 0) is 4.79 Å². The number of halogens is 1. The maximum Gasteiger partial charge on any atom is 0.269 e. The van der Waals surface area contributed by atoms with Crippen LogP contribution in [0.4, 0.5) is 5.69 Å². The Bertz CT molecular complexity index is 1430. The van der Waals surface area contributed by atoms with Gasteiger partial charge in [-0.1, -0.05) is 80.0 Å². The average Bonchev–Trinajstić information content (AvgIpc) is 2.87. The van der Waals surface area contributed by atoms with Crippen molar-refractivity contribution in [2.75, 3.05) is 0 Å². The van der Waals surface area contributed by atoms with Gasteiger partial charge in [-0.25, -0.2) is 0 Å². The van der Waals surface area contributed by atoms with Crippen molar-refractivity contribution in [3.05, 3.63) is 134 Å². The summed E-state index contributed by atoms with van der Waals surface area (Å²) in [5, 5.41) is 15.4. The van der Waals surface area contributed by atoms with E-state index in [1.807, 2.05) is 66.7 Å². The van der Waals surface area contributed by atoms with Crippen LogP contribution in [0.2, 0.25) is 5.02 Å². The van der Waals surface area contributed by atoms with Crippen molar-refractivity contribution in [3.63, 3.8) is 0 Å². The summed E-state index contributed by atoms with van der Waals surface area (Å²) in [7, 11) is 0. The van der Waals surface area contributed by atoms with Crippen molar-refractivity contribution in [1.29, 1.82) is 0 Å². The molecule has 0 bridgehead atoms. The molecular formula is C30H25ClN2O3. The molecule has 0 amide bonds. The zero-order valence-corrected chi connectivity index (χ0v) is 20.8. The summed E-state index contributed by atoms with van der Waals surface area (Å²) in [5.74, 6) is -0.357. The Morgan fingerprint density at radius 2 is 1.67 bits per heavy atom. The first-order valence-electron chi connectivity index (χ1n) is 11.8. The molecule has 5 nitrogen and oxygen atoms in total. The molecule has 0 radical (unpaired) electrons. The Morgan fingerprint density at radius 3 is 2.31 bits per heavy atom. The Hall–Kier alpha value is -3.96. The molecule has 1 N–H and O–H groups in total. The van der Waals surface area contributed by atoms with Gasteiger partial charge in [0.05, 0.1) is 4.92 Å². The fraction of sp³-hybridized carbons (Fsp3) is 0.167. The molecule has 5 rings (SSSR count). The standard InChI is InChI=1S/C30H25ClN2O3/c1-30(2)18-27-28(29(34)25(30)16-19-8-12-22(31)13-9-19)24(20-10-14-23(15-11-20)33(35)36)17-26(32-27)21-6-4-3-5-7-21/h3-17,24,32H,18H2,1-2H3/b25-16+. The predicted octanol–water partition coefficient (Wildman–Crippen LogP) is 7.31. The second kappa shape index (κ2) is 9.25. The molecule has 1 aliphatic heterocycles. The molecule has 1 unspecified atom stereocenters. The van der Waals surface area contributed by atoms with Gasteiger partial charge in [-0.2, -0.15) is 0 Å². The van der Waals surface area contributed by atoms with Gasteiger partial charge in [0.25, 0.3) is 5.69 Å². The highest BCUT2D eigenvalue weighted by Gasteiger charge is 2.42. The normalized spacial score (nSPS) is 20.0. The number of benzene rings is 3. The van der Waals surface area contributed by atoms with Gasteiger partial charge in [0.1, 0.15) is 0 Å². The maximum absolute atomic E-state index is 14.1. The molecule has 1 aliphatic carbocycles. The van der Waals surface area contributed by atoms with E-state index in [1.165, 1.54) is 12.1 Å². The second-order valence-electron chi connectivity index (χ2n) is 9.79. The lowest BCUT2D eigenvalue weighted by atomic mass is 9.67. The fourth-order valence-electron chi connectivity index (χ4n) is 4.96. The Labute approximate surface area is 215 Å². The van der Waals surface area contributed by atoms with E-state index >= 15 is 0 Å². The zero-order valence-electron chi connectivity index (χ0n) is 20.0. The third-order valence-electron chi connectivity index (χ3n) is 6.82. The van der Waals surface area contributed by atoms with Gasteiger partial charge in [-0.15, -0.1) is 0 Å². The van der Waals surface area contributed by atoms with Crippen LogP contribution in [0.1, 0.15) is 42.9 Å². The van der Waals surface area contributed by atoms with Gasteiger partial charge >= 0.3 is 0 Å². The first-order valence-corrected chi connectivity index (χ1v) is 12.1. The van der Waals surface area contributed by atoms with Crippen molar-refractivity contribution in [2.45, 2.75) is 26.2 Å². The molecule has 2 aliphatic rings. The van der Waals surface area contributed by atoms with E-state index in [-0.39, 0.29) is 17.4 Å². The lowest BCUT2D eigenvalue weighted by Gasteiger charge is -2.40. The molecule has 0 fully saturated rings. The van der Waals surface area contributed by atoms with Crippen molar-refractivity contribution in [1.82, 2.24) is 5.32 Å². The lowest BCUT2D eigenvalue weighted by molar-refractivity contribution is -0.384. The average molecular weight is 497 g/mol. The van der Waals surface area contributed by atoms with Gasteiger partial charge in [0.15, 0.2) is 5.78 Å². The zero-order chi connectivity index (χ0) is 25.4. The number of Topliss-reactive ketones (excluding diaryl/α,β-unsaturated/α-hetero) is 1. The van der Waals surface area contributed by atoms with E-state index < -0.39 is 10.3 Å². The number of rotatable bonds is 4. The smallest absolute Gasteiger partial charge is 0.269 e. The van der Waals surface area contributed by atoms with Crippen molar-refractivity contribution in [3.8, 4) is 0 Å². The van der Waals surface area contributed by atoms with Crippen molar-refractivity contribution in [2.24, 2.45) is 5.41 Å². The summed E-state index contributed by atoms with van der Waals surface area (Å²) in [6.07, 6.45) is 4.65. The highest BCUT2D eigenvalue weighted by atomic mass is 35.5. The largest absolute Gasteiger partial charge is 0.358 e. The van der Waals surface area contributed by atoms with Crippen LogP contribution in [0.25, 0.3) is 11.8 Å². The van der Waals surface area contributed by atoms with Crippen LogP contribution in [-0.4, -0.2) is 10.7 Å². The number of carbonyl (C=O) groups is 1. The predicted molar refractivity (Wildman–Crippen MR) is 143 cm³/mol. The van der Waals surface area contributed by atoms with Crippen molar-refractivity contribution >= 4 is 34.8 Å². The van der Waals surface area contributed by atoms with Gasteiger partial charge < -0.3 is 5.32 Å². The third-order valence-corrected chi connectivity index (χ3v) is 7.07. The Balaban J connectivity index is 1.63. The number of carbonyl (C=O) groups excluding carboxylic acids is 1. The van der Waals surface area contributed by atoms with Crippen LogP contribution >= 0.6 is 11.6 Å². The first kappa shape index (κ1) is 23.8. The molecule has 0 spiro atoms.